The minimum atomic E-state index is -0.636. The second kappa shape index (κ2) is 8.50. The number of rotatable bonds is 6. The Bertz CT molecular complexity index is 1090. The van der Waals surface area contributed by atoms with Gasteiger partial charge in [0.05, 0.1) is 36.9 Å². The Morgan fingerprint density at radius 3 is 2.60 bits per heavy atom. The van der Waals surface area contributed by atoms with Gasteiger partial charge in [-0.15, -0.1) is 0 Å². The summed E-state index contributed by atoms with van der Waals surface area (Å²) in [5, 5.41) is 6.25. The molecule has 0 radical (unpaired) electrons. The third kappa shape index (κ3) is 3.97. The lowest BCUT2D eigenvalue weighted by molar-refractivity contribution is -0.136. The van der Waals surface area contributed by atoms with Crippen LogP contribution in [0.4, 0.5) is 4.79 Å². The van der Waals surface area contributed by atoms with Crippen LogP contribution >= 0.6 is 11.8 Å². The summed E-state index contributed by atoms with van der Waals surface area (Å²) in [5.74, 6) is 0.511. The average Bonchev–Trinajstić information content (AvgIpc) is 3.20. The number of imidazole rings is 1. The summed E-state index contributed by atoms with van der Waals surface area (Å²) in [5.41, 5.74) is 3.36. The number of ether oxygens (including phenoxy) is 2. The second-order valence-corrected chi connectivity index (χ2v) is 7.50. The molecule has 0 bridgehead atoms. The molecule has 2 amide bonds. The van der Waals surface area contributed by atoms with E-state index in [9.17, 15) is 9.59 Å². The predicted octanol–water partition coefficient (Wildman–Crippen LogP) is 3.14. The quantitative estimate of drug-likeness (QED) is 0.415. The Kier molecular flexibility index (Phi) is 5.62. The smallest absolute Gasteiger partial charge is 0.338 e. The fourth-order valence-corrected chi connectivity index (χ4v) is 4.12. The number of para-hydroxylation sites is 2. The molecule has 8 nitrogen and oxygen atoms in total. The van der Waals surface area contributed by atoms with E-state index in [-0.39, 0.29) is 6.03 Å². The SMILES string of the molecule is COC(=O)C1=C(CSc2nc3ccccc3[nH]2)NC(=O)N[C@H]1c1ccc(OC)cc1. The number of hydrogen-bond donors (Lipinski definition) is 3. The summed E-state index contributed by atoms with van der Waals surface area (Å²) >= 11 is 1.39. The molecule has 1 aromatic heterocycles. The van der Waals surface area contributed by atoms with Crippen molar-refractivity contribution in [1.29, 1.82) is 0 Å². The van der Waals surface area contributed by atoms with Crippen LogP contribution in [-0.4, -0.2) is 41.9 Å². The highest BCUT2D eigenvalue weighted by Crippen LogP contribution is 2.31. The summed E-state index contributed by atoms with van der Waals surface area (Å²) in [4.78, 5) is 32.7. The summed E-state index contributed by atoms with van der Waals surface area (Å²) in [6, 6.07) is 13.9. The maximum atomic E-state index is 12.6. The van der Waals surface area contributed by atoms with Gasteiger partial charge >= 0.3 is 12.0 Å². The summed E-state index contributed by atoms with van der Waals surface area (Å²) < 4.78 is 10.2. The van der Waals surface area contributed by atoms with E-state index >= 15 is 0 Å². The number of aromatic amines is 1. The number of thioether (sulfide) groups is 1. The van der Waals surface area contributed by atoms with E-state index in [1.807, 2.05) is 36.4 Å². The lowest BCUT2D eigenvalue weighted by Gasteiger charge is -2.29. The Morgan fingerprint density at radius 1 is 1.13 bits per heavy atom. The first-order valence-electron chi connectivity index (χ1n) is 9.19. The zero-order chi connectivity index (χ0) is 21.1. The third-order valence-corrected chi connectivity index (χ3v) is 5.63. The molecule has 30 heavy (non-hydrogen) atoms. The Morgan fingerprint density at radius 2 is 1.90 bits per heavy atom. The molecule has 0 spiro atoms. The van der Waals surface area contributed by atoms with Crippen LogP contribution in [0.3, 0.4) is 0 Å². The standard InChI is InChI=1S/C21H20N4O4S/c1-28-13-9-7-12(8-10-13)18-17(19(26)29-2)16(22-20(27)25-18)11-30-21-23-14-5-3-4-6-15(14)24-21/h3-10,18H,11H2,1-2H3,(H,23,24)(H2,22,25,27)/t18-/m0/s1. The van der Waals surface area contributed by atoms with Crippen molar-refractivity contribution in [3.8, 4) is 5.75 Å². The van der Waals surface area contributed by atoms with E-state index in [0.717, 1.165) is 16.6 Å². The molecule has 0 aliphatic carbocycles. The van der Waals surface area contributed by atoms with Crippen molar-refractivity contribution in [1.82, 2.24) is 20.6 Å². The van der Waals surface area contributed by atoms with Crippen molar-refractivity contribution in [2.75, 3.05) is 20.0 Å². The van der Waals surface area contributed by atoms with Crippen LogP contribution in [0.5, 0.6) is 5.75 Å². The van der Waals surface area contributed by atoms with Gasteiger partial charge < -0.3 is 25.1 Å². The Balaban J connectivity index is 1.66. The van der Waals surface area contributed by atoms with E-state index < -0.39 is 12.0 Å². The molecular formula is C21H20N4O4S. The van der Waals surface area contributed by atoms with Crippen LogP contribution in [-0.2, 0) is 9.53 Å². The lowest BCUT2D eigenvalue weighted by Crippen LogP contribution is -2.46. The molecule has 1 aliphatic heterocycles. The van der Waals surface area contributed by atoms with Gasteiger partial charge in [0.1, 0.15) is 5.75 Å². The maximum absolute atomic E-state index is 12.6. The van der Waals surface area contributed by atoms with E-state index in [2.05, 4.69) is 20.6 Å². The number of amides is 2. The topological polar surface area (TPSA) is 105 Å². The van der Waals surface area contributed by atoms with Crippen molar-refractivity contribution in [2.45, 2.75) is 11.2 Å². The third-order valence-electron chi connectivity index (χ3n) is 4.73. The monoisotopic (exact) mass is 424 g/mol. The summed E-state index contributed by atoms with van der Waals surface area (Å²) in [6.45, 7) is 0. The highest BCUT2D eigenvalue weighted by atomic mass is 32.2. The molecule has 3 aromatic rings. The van der Waals surface area contributed by atoms with Gasteiger partial charge in [0.15, 0.2) is 5.16 Å². The molecule has 3 N–H and O–H groups in total. The summed E-state index contributed by atoms with van der Waals surface area (Å²) in [7, 11) is 2.90. The zero-order valence-electron chi connectivity index (χ0n) is 16.4. The van der Waals surface area contributed by atoms with Crippen molar-refractivity contribution in [3.05, 3.63) is 65.4 Å². The molecule has 0 saturated heterocycles. The van der Waals surface area contributed by atoms with Crippen molar-refractivity contribution >= 4 is 34.8 Å². The fraction of sp³-hybridized carbons (Fsp3) is 0.190. The predicted molar refractivity (Wildman–Crippen MR) is 113 cm³/mol. The first-order chi connectivity index (χ1) is 14.6. The minimum Gasteiger partial charge on any atom is -0.497 e. The zero-order valence-corrected chi connectivity index (χ0v) is 17.2. The number of hydrogen-bond acceptors (Lipinski definition) is 6. The number of urea groups is 1. The van der Waals surface area contributed by atoms with Crippen molar-refractivity contribution in [2.24, 2.45) is 0 Å². The van der Waals surface area contributed by atoms with E-state index in [1.54, 1.807) is 19.2 Å². The minimum absolute atomic E-state index is 0.338. The van der Waals surface area contributed by atoms with Crippen LogP contribution in [0.15, 0.2) is 65.0 Å². The molecule has 1 aliphatic rings. The number of benzene rings is 2. The average molecular weight is 424 g/mol. The van der Waals surface area contributed by atoms with Crippen molar-refractivity contribution < 1.29 is 19.1 Å². The highest BCUT2D eigenvalue weighted by molar-refractivity contribution is 7.99. The number of aromatic nitrogens is 2. The number of nitrogens with zero attached hydrogens (tertiary/aromatic N) is 1. The molecular weight excluding hydrogens is 404 g/mol. The van der Waals surface area contributed by atoms with Gasteiger partial charge in [-0.2, -0.15) is 0 Å². The van der Waals surface area contributed by atoms with Gasteiger partial charge in [-0.1, -0.05) is 36.0 Å². The van der Waals surface area contributed by atoms with Crippen LogP contribution in [0.25, 0.3) is 11.0 Å². The number of methoxy groups -OCH3 is 2. The van der Waals surface area contributed by atoms with Gasteiger partial charge in [-0.3, -0.25) is 0 Å². The Labute approximate surface area is 177 Å². The highest BCUT2D eigenvalue weighted by Gasteiger charge is 2.33. The van der Waals surface area contributed by atoms with Gasteiger partial charge in [-0.25, -0.2) is 14.6 Å². The van der Waals surface area contributed by atoms with E-state index in [4.69, 9.17) is 9.47 Å². The molecule has 4 rings (SSSR count). The number of nitrogens with one attached hydrogen (secondary N) is 3. The number of carbonyl (C=O) groups excluding carboxylic acids is 2. The molecule has 0 fully saturated rings. The number of fused-ring (bicyclic) bond motifs is 1. The van der Waals surface area contributed by atoms with Crippen LogP contribution in [0, 0.1) is 0 Å². The van der Waals surface area contributed by atoms with Gasteiger partial charge in [-0.05, 0) is 29.8 Å². The van der Waals surface area contributed by atoms with Gasteiger partial charge in [0.2, 0.25) is 0 Å². The Hall–Kier alpha value is -3.46. The molecule has 1 atom stereocenters. The molecule has 9 heteroatoms. The van der Waals surface area contributed by atoms with Gasteiger partial charge in [0.25, 0.3) is 0 Å². The van der Waals surface area contributed by atoms with Crippen molar-refractivity contribution in [3.63, 3.8) is 0 Å². The summed E-state index contributed by atoms with van der Waals surface area (Å²) in [6.07, 6.45) is 0. The molecule has 2 aromatic carbocycles. The lowest BCUT2D eigenvalue weighted by atomic mass is 9.95. The normalized spacial score (nSPS) is 16.2. The number of carbonyl (C=O) groups is 2. The van der Waals surface area contributed by atoms with Crippen LogP contribution in [0.1, 0.15) is 11.6 Å². The molecule has 154 valence electrons. The second-order valence-electron chi connectivity index (χ2n) is 6.54. The first kappa shape index (κ1) is 19.8. The molecule has 2 heterocycles. The first-order valence-corrected chi connectivity index (χ1v) is 10.2. The van der Waals surface area contributed by atoms with E-state index in [1.165, 1.54) is 18.9 Å². The number of H-pyrrole nitrogens is 1. The maximum Gasteiger partial charge on any atom is 0.338 e. The van der Waals surface area contributed by atoms with Gasteiger partial charge in [0, 0.05) is 11.4 Å². The largest absolute Gasteiger partial charge is 0.497 e. The fourth-order valence-electron chi connectivity index (χ4n) is 3.27. The van der Waals surface area contributed by atoms with Crippen LogP contribution in [0.2, 0.25) is 0 Å². The molecule has 0 unspecified atom stereocenters. The van der Waals surface area contributed by atoms with Crippen LogP contribution < -0.4 is 15.4 Å². The van der Waals surface area contributed by atoms with E-state index in [0.29, 0.717) is 27.9 Å². The number of esters is 1. The molecule has 0 saturated carbocycles.